The summed E-state index contributed by atoms with van der Waals surface area (Å²) in [7, 11) is 1.63. The summed E-state index contributed by atoms with van der Waals surface area (Å²) in [4.78, 5) is 24.4. The van der Waals surface area contributed by atoms with E-state index in [-0.39, 0.29) is 5.91 Å². The first-order valence-corrected chi connectivity index (χ1v) is 11.0. The molecule has 0 bridgehead atoms. The Morgan fingerprint density at radius 2 is 2.18 bits per heavy atom. The molecule has 9 heteroatoms. The highest BCUT2D eigenvalue weighted by Crippen LogP contribution is 2.35. The van der Waals surface area contributed by atoms with Crippen molar-refractivity contribution in [3.63, 3.8) is 0 Å². The summed E-state index contributed by atoms with van der Waals surface area (Å²) >= 11 is 6.37. The van der Waals surface area contributed by atoms with Crippen LogP contribution in [-0.4, -0.2) is 34.1 Å². The Hall–Kier alpha value is -2.23. The first kappa shape index (κ1) is 19.1. The Kier molecular flexibility index (Phi) is 5.74. The second kappa shape index (κ2) is 8.42. The Morgan fingerprint density at radius 1 is 1.29 bits per heavy atom. The van der Waals surface area contributed by atoms with E-state index in [0.29, 0.717) is 22.3 Å². The highest BCUT2D eigenvalue weighted by atomic mass is 79.9. The zero-order valence-electron chi connectivity index (χ0n) is 15.0. The molecule has 0 fully saturated rings. The smallest absolute Gasteiger partial charge is 0.270 e. The van der Waals surface area contributed by atoms with Crippen molar-refractivity contribution in [2.24, 2.45) is 0 Å². The Morgan fingerprint density at radius 3 is 2.89 bits per heavy atom. The lowest BCUT2D eigenvalue weighted by atomic mass is 10.3. The van der Waals surface area contributed by atoms with Gasteiger partial charge in [0.1, 0.15) is 11.3 Å². The van der Waals surface area contributed by atoms with Gasteiger partial charge in [-0.1, -0.05) is 17.4 Å². The van der Waals surface area contributed by atoms with E-state index in [1.807, 2.05) is 41.1 Å². The largest absolute Gasteiger partial charge is 0.494 e. The van der Waals surface area contributed by atoms with E-state index in [4.69, 9.17) is 9.72 Å². The topological polar surface area (TPSA) is 60.2 Å². The number of nitrogens with zero attached hydrogens (tertiary/aromatic N) is 4. The van der Waals surface area contributed by atoms with Gasteiger partial charge in [0.15, 0.2) is 5.13 Å². The van der Waals surface area contributed by atoms with Crippen molar-refractivity contribution >= 4 is 59.9 Å². The van der Waals surface area contributed by atoms with Crippen LogP contribution in [0.25, 0.3) is 10.2 Å². The number of ether oxygens (including phenoxy) is 1. The molecule has 0 aliphatic heterocycles. The third kappa shape index (κ3) is 3.96. The van der Waals surface area contributed by atoms with Crippen LogP contribution in [-0.2, 0) is 6.54 Å². The Labute approximate surface area is 178 Å². The van der Waals surface area contributed by atoms with Crippen molar-refractivity contribution in [3.05, 3.63) is 57.7 Å². The Balaban J connectivity index is 1.64. The van der Waals surface area contributed by atoms with E-state index in [1.54, 1.807) is 24.5 Å². The molecule has 0 saturated carbocycles. The highest BCUT2D eigenvalue weighted by molar-refractivity contribution is 9.11. The van der Waals surface area contributed by atoms with Gasteiger partial charge in [-0.3, -0.25) is 9.69 Å². The number of hydrogen-bond acceptors (Lipinski definition) is 6. The van der Waals surface area contributed by atoms with E-state index in [2.05, 4.69) is 20.9 Å². The SMILES string of the molecule is COc1cccc2sc(N(CCCn3ccnc3)C(=O)c3ccc(Br)s3)nc12. The first-order valence-electron chi connectivity index (χ1n) is 8.62. The van der Waals surface area contributed by atoms with Gasteiger partial charge in [-0.25, -0.2) is 9.97 Å². The minimum Gasteiger partial charge on any atom is -0.494 e. The number of fused-ring (bicyclic) bond motifs is 1. The van der Waals surface area contributed by atoms with Crippen LogP contribution in [0, 0.1) is 0 Å². The maximum Gasteiger partial charge on any atom is 0.270 e. The fourth-order valence-electron chi connectivity index (χ4n) is 2.87. The number of para-hydroxylation sites is 1. The number of carbonyl (C=O) groups excluding carboxylic acids is 1. The third-order valence-corrected chi connectivity index (χ3v) is 6.86. The summed E-state index contributed by atoms with van der Waals surface area (Å²) in [5.41, 5.74) is 0.782. The Bertz CT molecular complexity index is 1090. The van der Waals surface area contributed by atoms with Crippen molar-refractivity contribution in [1.82, 2.24) is 14.5 Å². The van der Waals surface area contributed by atoms with Crippen molar-refractivity contribution in [1.29, 1.82) is 0 Å². The average molecular weight is 477 g/mol. The van der Waals surface area contributed by atoms with E-state index in [1.165, 1.54) is 22.7 Å². The summed E-state index contributed by atoms with van der Waals surface area (Å²) in [6.07, 6.45) is 6.25. The number of amides is 1. The fraction of sp³-hybridized carbons (Fsp3) is 0.211. The predicted octanol–water partition coefficient (Wildman–Crippen LogP) is 5.06. The van der Waals surface area contributed by atoms with E-state index in [9.17, 15) is 4.79 Å². The first-order chi connectivity index (χ1) is 13.7. The molecular weight excluding hydrogens is 460 g/mol. The van der Waals surface area contributed by atoms with Crippen LogP contribution in [0.4, 0.5) is 5.13 Å². The molecule has 3 aromatic heterocycles. The van der Waals surface area contributed by atoms with Crippen LogP contribution in [0.5, 0.6) is 5.75 Å². The highest BCUT2D eigenvalue weighted by Gasteiger charge is 2.23. The van der Waals surface area contributed by atoms with Gasteiger partial charge in [0.05, 0.1) is 26.8 Å². The van der Waals surface area contributed by atoms with Gasteiger partial charge < -0.3 is 9.30 Å². The van der Waals surface area contributed by atoms with Crippen LogP contribution < -0.4 is 9.64 Å². The molecule has 0 N–H and O–H groups in total. The monoisotopic (exact) mass is 476 g/mol. The zero-order chi connectivity index (χ0) is 19.5. The maximum atomic E-state index is 13.2. The van der Waals surface area contributed by atoms with E-state index in [0.717, 1.165) is 27.0 Å². The van der Waals surface area contributed by atoms with Gasteiger partial charge in [-0.2, -0.15) is 0 Å². The number of thiazole rings is 1. The maximum absolute atomic E-state index is 13.2. The molecule has 6 nitrogen and oxygen atoms in total. The van der Waals surface area contributed by atoms with Crippen molar-refractivity contribution in [2.45, 2.75) is 13.0 Å². The standard InChI is InChI=1S/C19H17BrN4O2S2/c1-26-13-4-2-5-14-17(13)22-19(28-14)24(10-3-9-23-11-8-21-12-23)18(25)15-6-7-16(20)27-15/h2,4-8,11-12H,3,9-10H2,1H3. The second-order valence-electron chi connectivity index (χ2n) is 6.02. The molecule has 0 aliphatic rings. The molecule has 28 heavy (non-hydrogen) atoms. The van der Waals surface area contributed by atoms with E-state index < -0.39 is 0 Å². The lowest BCUT2D eigenvalue weighted by Gasteiger charge is -2.19. The molecule has 0 atom stereocenters. The fourth-order valence-corrected chi connectivity index (χ4v) is 5.21. The molecule has 1 aromatic carbocycles. The number of benzene rings is 1. The molecule has 1 amide bonds. The number of imidazole rings is 1. The molecule has 0 spiro atoms. The van der Waals surface area contributed by atoms with Crippen LogP contribution in [0.3, 0.4) is 0 Å². The van der Waals surface area contributed by atoms with Crippen LogP contribution in [0.2, 0.25) is 0 Å². The van der Waals surface area contributed by atoms with Gasteiger partial charge in [0, 0.05) is 25.5 Å². The lowest BCUT2D eigenvalue weighted by Crippen LogP contribution is -2.31. The van der Waals surface area contributed by atoms with Gasteiger partial charge >= 0.3 is 0 Å². The van der Waals surface area contributed by atoms with E-state index >= 15 is 0 Å². The molecule has 144 valence electrons. The lowest BCUT2D eigenvalue weighted by molar-refractivity contribution is 0.0990. The van der Waals surface area contributed by atoms with Crippen LogP contribution in [0.1, 0.15) is 16.1 Å². The molecule has 0 unspecified atom stereocenters. The summed E-state index contributed by atoms with van der Waals surface area (Å²) in [6, 6.07) is 9.55. The summed E-state index contributed by atoms with van der Waals surface area (Å²) < 4.78 is 9.36. The van der Waals surface area contributed by atoms with Crippen molar-refractivity contribution in [3.8, 4) is 5.75 Å². The number of carbonyl (C=O) groups is 1. The van der Waals surface area contributed by atoms with Crippen molar-refractivity contribution in [2.75, 3.05) is 18.6 Å². The van der Waals surface area contributed by atoms with Crippen molar-refractivity contribution < 1.29 is 9.53 Å². The van der Waals surface area contributed by atoms with Gasteiger partial charge in [0.2, 0.25) is 0 Å². The molecule has 0 radical (unpaired) electrons. The van der Waals surface area contributed by atoms with Gasteiger partial charge in [-0.15, -0.1) is 11.3 Å². The number of halogens is 1. The summed E-state index contributed by atoms with van der Waals surface area (Å²) in [5.74, 6) is 0.670. The minimum atomic E-state index is -0.0423. The molecule has 3 heterocycles. The third-order valence-electron chi connectivity index (χ3n) is 4.21. The molecule has 0 saturated heterocycles. The van der Waals surface area contributed by atoms with Crippen LogP contribution >= 0.6 is 38.6 Å². The number of anilines is 1. The number of aromatic nitrogens is 3. The number of thiophene rings is 1. The second-order valence-corrected chi connectivity index (χ2v) is 9.49. The minimum absolute atomic E-state index is 0.0423. The normalized spacial score (nSPS) is 11.1. The molecule has 0 aliphatic carbocycles. The number of methoxy groups -OCH3 is 1. The van der Waals surface area contributed by atoms with Gasteiger partial charge in [-0.05, 0) is 46.6 Å². The predicted molar refractivity (Wildman–Crippen MR) is 117 cm³/mol. The molecule has 4 rings (SSSR count). The summed E-state index contributed by atoms with van der Waals surface area (Å²) in [5, 5.41) is 0.680. The summed E-state index contributed by atoms with van der Waals surface area (Å²) in [6.45, 7) is 1.35. The molecule has 4 aromatic rings. The number of rotatable bonds is 7. The zero-order valence-corrected chi connectivity index (χ0v) is 18.3. The number of hydrogen-bond donors (Lipinski definition) is 0. The molecular formula is C19H17BrN4O2S2. The average Bonchev–Trinajstić information content (AvgIpc) is 3.44. The number of aryl methyl sites for hydroxylation is 1. The van der Waals surface area contributed by atoms with Gasteiger partial charge in [0.25, 0.3) is 5.91 Å². The quantitative estimate of drug-likeness (QED) is 0.373. The van der Waals surface area contributed by atoms with Crippen LogP contribution in [0.15, 0.2) is 52.8 Å².